The highest BCUT2D eigenvalue weighted by Gasteiger charge is 2.23. The zero-order valence-corrected chi connectivity index (χ0v) is 18.7. The number of aryl methyl sites for hydroxylation is 1. The number of thioether (sulfide) groups is 1. The van der Waals surface area contributed by atoms with E-state index in [1.165, 1.54) is 29.5 Å². The summed E-state index contributed by atoms with van der Waals surface area (Å²) in [6.07, 6.45) is 2.78. The van der Waals surface area contributed by atoms with Crippen molar-refractivity contribution in [2.24, 2.45) is 4.99 Å². The molecule has 1 aliphatic rings. The highest BCUT2D eigenvalue weighted by Crippen LogP contribution is 2.28. The summed E-state index contributed by atoms with van der Waals surface area (Å²) >= 11 is 1.30. The van der Waals surface area contributed by atoms with E-state index in [2.05, 4.69) is 17.2 Å². The molecule has 33 heavy (non-hydrogen) atoms. The number of benzene rings is 3. The number of nitrogens with zero attached hydrogens (tertiary/aromatic N) is 2. The smallest absolute Gasteiger partial charge is 0.269 e. The number of nitro groups is 1. The maximum atomic E-state index is 12.3. The zero-order chi connectivity index (χ0) is 23.2. The number of hydrogen-bond acceptors (Lipinski definition) is 6. The van der Waals surface area contributed by atoms with E-state index in [0.29, 0.717) is 22.4 Å². The number of nitro benzene ring substituents is 1. The van der Waals surface area contributed by atoms with Gasteiger partial charge >= 0.3 is 0 Å². The van der Waals surface area contributed by atoms with Gasteiger partial charge in [0, 0.05) is 12.1 Å². The summed E-state index contributed by atoms with van der Waals surface area (Å²) in [5.74, 6) is 0.485. The van der Waals surface area contributed by atoms with Gasteiger partial charge in [-0.3, -0.25) is 14.9 Å². The third kappa shape index (κ3) is 5.87. The summed E-state index contributed by atoms with van der Waals surface area (Å²) < 4.78 is 5.74. The van der Waals surface area contributed by atoms with Crippen molar-refractivity contribution in [1.29, 1.82) is 0 Å². The Morgan fingerprint density at radius 3 is 2.30 bits per heavy atom. The molecule has 3 aromatic rings. The van der Waals surface area contributed by atoms with Crippen molar-refractivity contribution >= 4 is 40.3 Å². The number of aliphatic imine (C=N–C) groups is 1. The molecule has 0 atom stereocenters. The summed E-state index contributed by atoms with van der Waals surface area (Å²) in [6, 6.07) is 21.6. The van der Waals surface area contributed by atoms with E-state index in [9.17, 15) is 14.9 Å². The second-order valence-electron chi connectivity index (χ2n) is 7.28. The summed E-state index contributed by atoms with van der Waals surface area (Å²) in [5.41, 5.74) is 3.78. The number of non-ortho nitro benzene ring substituents is 1. The van der Waals surface area contributed by atoms with Crippen LogP contribution in [0.5, 0.6) is 5.75 Å². The van der Waals surface area contributed by atoms with Crippen LogP contribution in [-0.2, 0) is 17.8 Å². The number of amidine groups is 1. The van der Waals surface area contributed by atoms with Crippen molar-refractivity contribution in [2.45, 2.75) is 20.0 Å². The monoisotopic (exact) mass is 459 g/mol. The van der Waals surface area contributed by atoms with Crippen LogP contribution in [0.25, 0.3) is 6.08 Å². The number of nitrogens with one attached hydrogen (secondary N) is 1. The lowest BCUT2D eigenvalue weighted by molar-refractivity contribution is -0.384. The van der Waals surface area contributed by atoms with Gasteiger partial charge in [0.2, 0.25) is 0 Å². The summed E-state index contributed by atoms with van der Waals surface area (Å²) in [6.45, 7) is 2.40. The Labute approximate surface area is 195 Å². The SMILES string of the molecule is CCc1ccc(N=C2NC(=O)/C(=C/c3ccc(OCc4ccc([N+](=O)[O-])cc4)cc3)S2)cc1. The third-order valence-corrected chi connectivity index (χ3v) is 5.87. The molecular weight excluding hydrogens is 438 g/mol. The zero-order valence-electron chi connectivity index (χ0n) is 17.9. The fourth-order valence-corrected chi connectivity index (χ4v) is 3.94. The maximum absolute atomic E-state index is 12.3. The molecule has 3 aromatic carbocycles. The van der Waals surface area contributed by atoms with Crippen LogP contribution in [0.2, 0.25) is 0 Å². The quantitative estimate of drug-likeness (QED) is 0.281. The van der Waals surface area contributed by atoms with Gasteiger partial charge < -0.3 is 10.1 Å². The molecule has 4 rings (SSSR count). The van der Waals surface area contributed by atoms with E-state index in [1.807, 2.05) is 54.6 Å². The molecule has 1 saturated heterocycles. The van der Waals surface area contributed by atoms with Crippen molar-refractivity contribution in [3.8, 4) is 5.75 Å². The van der Waals surface area contributed by atoms with Crippen LogP contribution in [0.3, 0.4) is 0 Å². The lowest BCUT2D eigenvalue weighted by Crippen LogP contribution is -2.19. The highest BCUT2D eigenvalue weighted by atomic mass is 32.2. The van der Waals surface area contributed by atoms with Gasteiger partial charge in [-0.25, -0.2) is 4.99 Å². The van der Waals surface area contributed by atoms with Crippen molar-refractivity contribution in [1.82, 2.24) is 5.32 Å². The fraction of sp³-hybridized carbons (Fsp3) is 0.120. The molecule has 7 nitrogen and oxygen atoms in total. The number of carbonyl (C=O) groups excluding carboxylic acids is 1. The van der Waals surface area contributed by atoms with Crippen LogP contribution in [0, 0.1) is 10.1 Å². The molecule has 0 bridgehead atoms. The van der Waals surface area contributed by atoms with Crippen LogP contribution in [0.1, 0.15) is 23.6 Å². The summed E-state index contributed by atoms with van der Waals surface area (Å²) in [4.78, 5) is 27.7. The summed E-state index contributed by atoms with van der Waals surface area (Å²) in [7, 11) is 0. The van der Waals surface area contributed by atoms with Gasteiger partial charge in [0.15, 0.2) is 5.17 Å². The average molecular weight is 460 g/mol. The molecule has 0 saturated carbocycles. The molecule has 1 heterocycles. The number of carbonyl (C=O) groups is 1. The molecular formula is C25H21N3O4S. The second kappa shape index (κ2) is 10.1. The van der Waals surface area contributed by atoms with Crippen LogP contribution >= 0.6 is 11.8 Å². The Morgan fingerprint density at radius 1 is 1.00 bits per heavy atom. The first kappa shape index (κ1) is 22.3. The molecule has 0 radical (unpaired) electrons. The van der Waals surface area contributed by atoms with Gasteiger partial charge in [0.25, 0.3) is 11.6 Å². The Bertz CT molecular complexity index is 1220. The first-order chi connectivity index (χ1) is 16.0. The topological polar surface area (TPSA) is 93.8 Å². The van der Waals surface area contributed by atoms with Crippen LogP contribution in [0.15, 0.2) is 82.7 Å². The third-order valence-electron chi connectivity index (χ3n) is 4.96. The van der Waals surface area contributed by atoms with E-state index >= 15 is 0 Å². The van der Waals surface area contributed by atoms with E-state index in [0.717, 1.165) is 23.2 Å². The highest BCUT2D eigenvalue weighted by molar-refractivity contribution is 8.18. The standard InChI is InChI=1S/C25H21N3O4S/c1-2-17-3-9-20(10-4-17)26-25-27-24(29)23(33-25)15-18-7-13-22(14-8-18)32-16-19-5-11-21(12-6-19)28(30)31/h3-15H,2,16H2,1H3,(H,26,27,29)/b23-15-. The van der Waals surface area contributed by atoms with Gasteiger partial charge in [-0.2, -0.15) is 0 Å². The van der Waals surface area contributed by atoms with Crippen LogP contribution in [-0.4, -0.2) is 16.0 Å². The summed E-state index contributed by atoms with van der Waals surface area (Å²) in [5, 5.41) is 14.1. The first-order valence-electron chi connectivity index (χ1n) is 10.3. The minimum Gasteiger partial charge on any atom is -0.489 e. The van der Waals surface area contributed by atoms with Crippen molar-refractivity contribution in [2.75, 3.05) is 0 Å². The Hall–Kier alpha value is -3.91. The molecule has 1 amide bonds. The molecule has 0 spiro atoms. The second-order valence-corrected chi connectivity index (χ2v) is 8.31. The van der Waals surface area contributed by atoms with E-state index in [1.54, 1.807) is 12.1 Å². The van der Waals surface area contributed by atoms with Gasteiger partial charge in [0.1, 0.15) is 12.4 Å². The van der Waals surface area contributed by atoms with Crippen LogP contribution < -0.4 is 10.1 Å². The average Bonchev–Trinajstić information content (AvgIpc) is 3.17. The van der Waals surface area contributed by atoms with Gasteiger partial charge in [-0.05, 0) is 77.3 Å². The fourth-order valence-electron chi connectivity index (χ4n) is 3.10. The van der Waals surface area contributed by atoms with E-state index in [4.69, 9.17) is 4.74 Å². The number of ether oxygens (including phenoxy) is 1. The molecule has 0 unspecified atom stereocenters. The van der Waals surface area contributed by atoms with Crippen molar-refractivity contribution < 1.29 is 14.5 Å². The molecule has 0 aromatic heterocycles. The normalized spacial score (nSPS) is 15.6. The predicted octanol–water partition coefficient (Wildman–Crippen LogP) is 5.63. The molecule has 166 valence electrons. The minimum atomic E-state index is -0.431. The van der Waals surface area contributed by atoms with E-state index in [-0.39, 0.29) is 11.6 Å². The molecule has 1 N–H and O–H groups in total. The Morgan fingerprint density at radius 2 is 1.67 bits per heavy atom. The van der Waals surface area contributed by atoms with Gasteiger partial charge in [-0.15, -0.1) is 0 Å². The minimum absolute atomic E-state index is 0.0487. The molecule has 1 fully saturated rings. The van der Waals surface area contributed by atoms with Crippen LogP contribution in [0.4, 0.5) is 11.4 Å². The number of hydrogen-bond donors (Lipinski definition) is 1. The van der Waals surface area contributed by atoms with Gasteiger partial charge in [-0.1, -0.05) is 31.2 Å². The van der Waals surface area contributed by atoms with Crippen molar-refractivity contribution in [3.05, 3.63) is 105 Å². The Balaban J connectivity index is 1.37. The first-order valence-corrected chi connectivity index (χ1v) is 11.2. The molecule has 0 aliphatic carbocycles. The predicted molar refractivity (Wildman–Crippen MR) is 130 cm³/mol. The van der Waals surface area contributed by atoms with Crippen molar-refractivity contribution in [3.63, 3.8) is 0 Å². The number of rotatable bonds is 7. The van der Waals surface area contributed by atoms with E-state index < -0.39 is 4.92 Å². The largest absolute Gasteiger partial charge is 0.489 e. The Kier molecular flexibility index (Phi) is 6.85. The molecule has 8 heteroatoms. The number of amides is 1. The maximum Gasteiger partial charge on any atom is 0.269 e. The molecule has 1 aliphatic heterocycles. The van der Waals surface area contributed by atoms with Gasteiger partial charge in [0.05, 0.1) is 15.5 Å². The lowest BCUT2D eigenvalue weighted by atomic mass is 10.2. The lowest BCUT2D eigenvalue weighted by Gasteiger charge is -2.06.